The lowest BCUT2D eigenvalue weighted by atomic mass is 9.99. The number of pyridine rings is 1. The summed E-state index contributed by atoms with van der Waals surface area (Å²) >= 11 is 5.73. The largest absolute Gasteiger partial charge is 0.329 e. The Morgan fingerprint density at radius 2 is 2.11 bits per heavy atom. The molecule has 0 aliphatic heterocycles. The van der Waals surface area contributed by atoms with E-state index in [-0.39, 0.29) is 5.56 Å². The van der Waals surface area contributed by atoms with Crippen LogP contribution in [0.25, 0.3) is 0 Å². The van der Waals surface area contributed by atoms with Gasteiger partial charge in [0.25, 0.3) is 5.56 Å². The summed E-state index contributed by atoms with van der Waals surface area (Å²) in [6.07, 6.45) is 2.04. The van der Waals surface area contributed by atoms with Gasteiger partial charge in [-0.05, 0) is 23.3 Å². The van der Waals surface area contributed by atoms with Crippen LogP contribution in [0.1, 0.15) is 22.3 Å². The second-order valence-electron chi connectivity index (χ2n) is 3.94. The minimum atomic E-state index is -0.122. The lowest BCUT2D eigenvalue weighted by molar-refractivity contribution is 1.08. The van der Waals surface area contributed by atoms with Crippen LogP contribution in [0.3, 0.4) is 0 Å². The van der Waals surface area contributed by atoms with Crippen molar-refractivity contribution in [1.82, 2.24) is 4.98 Å². The first kappa shape index (κ1) is 12.4. The van der Waals surface area contributed by atoms with Crippen LogP contribution in [0.15, 0.2) is 41.3 Å². The van der Waals surface area contributed by atoms with E-state index in [1.165, 1.54) is 0 Å². The smallest absolute Gasteiger partial charge is 0.251 e. The molecule has 0 bridgehead atoms. The molecule has 1 aromatic heterocycles. The second kappa shape index (κ2) is 5.52. The summed E-state index contributed by atoms with van der Waals surface area (Å²) < 4.78 is 0. The van der Waals surface area contributed by atoms with E-state index >= 15 is 0 Å². The van der Waals surface area contributed by atoms with Gasteiger partial charge in [0.05, 0.1) is 11.6 Å². The SMILES string of the molecule is N#Cc1cc(CCl)ccc1Cc1ccc[nH]c1=O. The Hall–Kier alpha value is -2.05. The molecular formula is C14H11ClN2O. The maximum atomic E-state index is 11.6. The van der Waals surface area contributed by atoms with E-state index in [4.69, 9.17) is 16.9 Å². The number of H-pyrrole nitrogens is 1. The van der Waals surface area contributed by atoms with E-state index in [9.17, 15) is 4.79 Å². The predicted molar refractivity (Wildman–Crippen MR) is 70.6 cm³/mol. The summed E-state index contributed by atoms with van der Waals surface area (Å²) in [5, 5.41) is 9.11. The van der Waals surface area contributed by atoms with Crippen molar-refractivity contribution in [2.45, 2.75) is 12.3 Å². The van der Waals surface area contributed by atoms with Gasteiger partial charge in [-0.15, -0.1) is 11.6 Å². The molecule has 2 aromatic rings. The van der Waals surface area contributed by atoms with Gasteiger partial charge in [-0.2, -0.15) is 5.26 Å². The van der Waals surface area contributed by atoms with Crippen LogP contribution in [0.2, 0.25) is 0 Å². The van der Waals surface area contributed by atoms with E-state index in [1.54, 1.807) is 24.4 Å². The van der Waals surface area contributed by atoms with Crippen molar-refractivity contribution in [1.29, 1.82) is 5.26 Å². The summed E-state index contributed by atoms with van der Waals surface area (Å²) in [4.78, 5) is 14.2. The van der Waals surface area contributed by atoms with Crippen molar-refractivity contribution < 1.29 is 0 Å². The van der Waals surface area contributed by atoms with E-state index in [2.05, 4.69) is 11.1 Å². The third-order valence-corrected chi connectivity index (χ3v) is 3.04. The van der Waals surface area contributed by atoms with Gasteiger partial charge in [0.2, 0.25) is 0 Å². The van der Waals surface area contributed by atoms with Crippen molar-refractivity contribution in [2.24, 2.45) is 0 Å². The lowest BCUT2D eigenvalue weighted by Gasteiger charge is -2.05. The van der Waals surface area contributed by atoms with E-state index in [0.29, 0.717) is 23.4 Å². The minimum Gasteiger partial charge on any atom is -0.329 e. The number of nitrogens with one attached hydrogen (secondary N) is 1. The number of alkyl halides is 1. The standard InChI is InChI=1S/C14H11ClN2O/c15-8-10-3-4-11(13(6-10)9-16)7-12-2-1-5-17-14(12)18/h1-6H,7-8H2,(H,17,18). The summed E-state index contributed by atoms with van der Waals surface area (Å²) in [5.74, 6) is 0.376. The molecule has 0 aliphatic rings. The zero-order chi connectivity index (χ0) is 13.0. The molecule has 4 heteroatoms. The fourth-order valence-corrected chi connectivity index (χ4v) is 1.93. The highest BCUT2D eigenvalue weighted by Gasteiger charge is 2.06. The number of nitriles is 1. The number of aromatic amines is 1. The number of rotatable bonds is 3. The van der Waals surface area contributed by atoms with Crippen LogP contribution >= 0.6 is 11.6 Å². The number of hydrogen-bond donors (Lipinski definition) is 1. The van der Waals surface area contributed by atoms with E-state index in [1.807, 2.05) is 12.1 Å². The summed E-state index contributed by atoms with van der Waals surface area (Å²) in [7, 11) is 0. The van der Waals surface area contributed by atoms with Gasteiger partial charge in [0, 0.05) is 24.1 Å². The first-order valence-corrected chi connectivity index (χ1v) is 6.02. The normalized spacial score (nSPS) is 10.0. The third-order valence-electron chi connectivity index (χ3n) is 2.73. The number of benzene rings is 1. The van der Waals surface area contributed by atoms with Gasteiger partial charge in [-0.25, -0.2) is 0 Å². The Morgan fingerprint density at radius 3 is 2.78 bits per heavy atom. The van der Waals surface area contributed by atoms with E-state index < -0.39 is 0 Å². The number of aromatic nitrogens is 1. The van der Waals surface area contributed by atoms with Crippen LogP contribution in [0.4, 0.5) is 0 Å². The van der Waals surface area contributed by atoms with Crippen LogP contribution in [-0.2, 0) is 12.3 Å². The predicted octanol–water partition coefficient (Wildman–Crippen LogP) is 2.58. The summed E-state index contributed by atoms with van der Waals surface area (Å²) in [6, 6.07) is 11.2. The van der Waals surface area contributed by atoms with E-state index in [0.717, 1.165) is 11.1 Å². The molecule has 1 heterocycles. The topological polar surface area (TPSA) is 56.6 Å². The summed E-state index contributed by atoms with van der Waals surface area (Å²) in [6.45, 7) is 0. The molecule has 2 rings (SSSR count). The molecule has 1 aromatic carbocycles. The fourth-order valence-electron chi connectivity index (χ4n) is 1.77. The highest BCUT2D eigenvalue weighted by molar-refractivity contribution is 6.17. The lowest BCUT2D eigenvalue weighted by Crippen LogP contribution is -2.11. The van der Waals surface area contributed by atoms with Crippen LogP contribution in [0, 0.1) is 11.3 Å². The molecule has 0 fully saturated rings. The molecule has 0 aliphatic carbocycles. The average Bonchev–Trinajstić information content (AvgIpc) is 2.41. The third kappa shape index (κ3) is 2.61. The molecule has 0 saturated carbocycles. The Kier molecular flexibility index (Phi) is 3.81. The fraction of sp³-hybridized carbons (Fsp3) is 0.143. The van der Waals surface area contributed by atoms with Crippen molar-refractivity contribution in [3.8, 4) is 6.07 Å². The van der Waals surface area contributed by atoms with Gasteiger partial charge in [0.15, 0.2) is 0 Å². The molecule has 1 N–H and O–H groups in total. The van der Waals surface area contributed by atoms with Crippen LogP contribution < -0.4 is 5.56 Å². The first-order chi connectivity index (χ1) is 8.74. The Morgan fingerprint density at radius 1 is 1.28 bits per heavy atom. The van der Waals surface area contributed by atoms with Gasteiger partial charge < -0.3 is 4.98 Å². The molecule has 3 nitrogen and oxygen atoms in total. The first-order valence-electron chi connectivity index (χ1n) is 5.49. The van der Waals surface area contributed by atoms with Crippen LogP contribution in [0.5, 0.6) is 0 Å². The molecule has 0 radical (unpaired) electrons. The number of hydrogen-bond acceptors (Lipinski definition) is 2. The van der Waals surface area contributed by atoms with Crippen molar-refractivity contribution in [2.75, 3.05) is 0 Å². The molecule has 0 atom stereocenters. The quantitative estimate of drug-likeness (QED) is 0.861. The maximum Gasteiger partial charge on any atom is 0.251 e. The zero-order valence-corrected chi connectivity index (χ0v) is 10.4. The second-order valence-corrected chi connectivity index (χ2v) is 4.21. The number of nitrogens with zero attached hydrogens (tertiary/aromatic N) is 1. The molecule has 0 saturated heterocycles. The van der Waals surface area contributed by atoms with Crippen molar-refractivity contribution >= 4 is 11.6 Å². The monoisotopic (exact) mass is 258 g/mol. The highest BCUT2D eigenvalue weighted by Crippen LogP contribution is 2.15. The zero-order valence-electron chi connectivity index (χ0n) is 9.61. The molecular weight excluding hydrogens is 248 g/mol. The Balaban J connectivity index is 2.39. The van der Waals surface area contributed by atoms with Crippen molar-refractivity contribution in [3.63, 3.8) is 0 Å². The van der Waals surface area contributed by atoms with Gasteiger partial charge in [-0.3, -0.25) is 4.79 Å². The minimum absolute atomic E-state index is 0.122. The highest BCUT2D eigenvalue weighted by atomic mass is 35.5. The molecule has 90 valence electrons. The van der Waals surface area contributed by atoms with Gasteiger partial charge >= 0.3 is 0 Å². The average molecular weight is 259 g/mol. The molecule has 0 spiro atoms. The molecule has 18 heavy (non-hydrogen) atoms. The van der Waals surface area contributed by atoms with Crippen LogP contribution in [-0.4, -0.2) is 4.98 Å². The maximum absolute atomic E-state index is 11.6. The summed E-state index contributed by atoms with van der Waals surface area (Å²) in [5.41, 5.74) is 2.83. The van der Waals surface area contributed by atoms with Gasteiger partial charge in [0.1, 0.15) is 0 Å². The Labute approximate surface area is 110 Å². The molecule has 0 unspecified atom stereocenters. The molecule has 0 amide bonds. The number of halogens is 1. The van der Waals surface area contributed by atoms with Crippen molar-refractivity contribution in [3.05, 3.63) is 69.1 Å². The Bertz CT molecular complexity index is 655. The van der Waals surface area contributed by atoms with Gasteiger partial charge in [-0.1, -0.05) is 18.2 Å².